The summed E-state index contributed by atoms with van der Waals surface area (Å²) in [5.41, 5.74) is 7.68. The third-order valence-corrected chi connectivity index (χ3v) is 6.35. The first-order valence-corrected chi connectivity index (χ1v) is 11.0. The van der Waals surface area contributed by atoms with E-state index >= 15 is 0 Å². The van der Waals surface area contributed by atoms with Crippen molar-refractivity contribution in [3.8, 4) is 22.3 Å². The molecule has 3 aromatic rings. The minimum atomic E-state index is -6.11. The summed E-state index contributed by atoms with van der Waals surface area (Å²) in [5, 5.41) is -0.417. The van der Waals surface area contributed by atoms with Crippen molar-refractivity contribution in [2.45, 2.75) is 41.5 Å². The van der Waals surface area contributed by atoms with Gasteiger partial charge in [-0.2, -0.15) is 0 Å². The molecule has 0 fully saturated rings. The van der Waals surface area contributed by atoms with Crippen LogP contribution in [0.1, 0.15) is 33.4 Å². The van der Waals surface area contributed by atoms with Crippen LogP contribution in [0, 0.1) is 41.5 Å². The molecule has 0 saturated carbocycles. The number of hydrogen-bond acceptors (Lipinski definition) is 0. The van der Waals surface area contributed by atoms with Crippen molar-refractivity contribution in [3.63, 3.8) is 0 Å². The van der Waals surface area contributed by atoms with Gasteiger partial charge in [0.25, 0.3) is 0 Å². The van der Waals surface area contributed by atoms with E-state index in [1.54, 1.807) is 18.2 Å². The Morgan fingerprint density at radius 2 is 0.893 bits per heavy atom. The minimum absolute atomic E-state index is 0.311. The van der Waals surface area contributed by atoms with E-state index in [4.69, 9.17) is 0 Å². The van der Waals surface area contributed by atoms with Gasteiger partial charge in [-0.1, -0.05) is 53.6 Å². The molecular weight excluding hydrogens is 373 g/mol. The van der Waals surface area contributed by atoms with E-state index in [2.05, 4.69) is 0 Å². The Morgan fingerprint density at radius 3 is 1.18 bits per heavy atom. The summed E-state index contributed by atoms with van der Waals surface area (Å²) >= 11 is 0. The molecule has 0 radical (unpaired) electrons. The molecule has 0 nitrogen and oxygen atoms in total. The normalized spacial score (nSPS) is 11.8. The highest BCUT2D eigenvalue weighted by Crippen LogP contribution is 2.35. The van der Waals surface area contributed by atoms with Gasteiger partial charge >= 0.3 is 9.08 Å². The van der Waals surface area contributed by atoms with Crippen molar-refractivity contribution < 1.29 is 12.3 Å². The molecule has 28 heavy (non-hydrogen) atoms. The van der Waals surface area contributed by atoms with Crippen LogP contribution >= 0.6 is 0 Å². The van der Waals surface area contributed by atoms with Crippen LogP contribution in [0.25, 0.3) is 22.3 Å². The molecule has 0 amide bonds. The number of rotatable bonds is 3. The molecule has 0 heterocycles. The molecule has 0 aliphatic carbocycles. The zero-order valence-electron chi connectivity index (χ0n) is 17.2. The van der Waals surface area contributed by atoms with Gasteiger partial charge in [0.2, 0.25) is 0 Å². The summed E-state index contributed by atoms with van der Waals surface area (Å²) in [6, 6.07) is 12.8. The predicted molar refractivity (Wildman–Crippen MR) is 114 cm³/mol. The third-order valence-electron chi connectivity index (χ3n) is 5.24. The second-order valence-electron chi connectivity index (χ2n) is 7.77. The Kier molecular flexibility index (Phi) is 5.28. The van der Waals surface area contributed by atoms with E-state index in [-0.39, 0.29) is 0 Å². The second-order valence-corrected chi connectivity index (χ2v) is 9.27. The Morgan fingerprint density at radius 1 is 0.571 bits per heavy atom. The van der Waals surface area contributed by atoms with Crippen LogP contribution in [0.4, 0.5) is 12.3 Å². The van der Waals surface area contributed by atoms with Crippen LogP contribution in [0.3, 0.4) is 0 Å². The lowest BCUT2D eigenvalue weighted by Crippen LogP contribution is -2.37. The number of aryl methyl sites for hydroxylation is 6. The first-order valence-electron chi connectivity index (χ1n) is 9.37. The van der Waals surface area contributed by atoms with E-state index in [0.29, 0.717) is 22.3 Å². The van der Waals surface area contributed by atoms with Gasteiger partial charge in [0.1, 0.15) is 0 Å². The van der Waals surface area contributed by atoms with Crippen molar-refractivity contribution in [3.05, 3.63) is 75.8 Å². The molecule has 0 spiro atoms. The van der Waals surface area contributed by atoms with Crippen molar-refractivity contribution in [2.24, 2.45) is 0 Å². The van der Waals surface area contributed by atoms with E-state index < -0.39 is 14.3 Å². The molecule has 0 aromatic heterocycles. The van der Waals surface area contributed by atoms with E-state index in [9.17, 15) is 12.3 Å². The summed E-state index contributed by atoms with van der Waals surface area (Å²) in [6.45, 7) is 11.5. The molecule has 146 valence electrons. The highest BCUT2D eigenvalue weighted by Gasteiger charge is 2.45. The molecule has 0 bridgehead atoms. The molecule has 0 atom stereocenters. The summed E-state index contributed by atoms with van der Waals surface area (Å²) in [7, 11) is -6.11. The lowest BCUT2D eigenvalue weighted by molar-refractivity contribution is 0.501. The average molecular weight is 399 g/mol. The highest BCUT2D eigenvalue weighted by atomic mass is 28.5. The third kappa shape index (κ3) is 3.66. The fraction of sp³-hybridized carbons (Fsp3) is 0.250. The topological polar surface area (TPSA) is 0 Å². The Bertz CT molecular complexity index is 940. The quantitative estimate of drug-likeness (QED) is 0.332. The van der Waals surface area contributed by atoms with Gasteiger partial charge in [0, 0.05) is 5.19 Å². The average Bonchev–Trinajstić information content (AvgIpc) is 2.51. The number of halogens is 3. The maximum absolute atomic E-state index is 14.5. The van der Waals surface area contributed by atoms with E-state index in [1.807, 2.05) is 65.8 Å². The predicted octanol–water partition coefficient (Wildman–Crippen LogP) is 6.93. The SMILES string of the molecule is Cc1cc(C)c(-c2cccc(-c3c(C)cc(C)cc3C)c2[Si](F)(F)F)c(C)c1. The molecule has 0 aliphatic heterocycles. The van der Waals surface area contributed by atoms with Gasteiger partial charge in [-0.15, -0.1) is 0 Å². The Labute approximate surface area is 166 Å². The fourth-order valence-electron chi connectivity index (χ4n) is 4.48. The number of benzene rings is 3. The second kappa shape index (κ2) is 7.25. The van der Waals surface area contributed by atoms with Gasteiger partial charge < -0.3 is 0 Å². The molecule has 3 rings (SSSR count). The Hall–Kier alpha value is -2.33. The maximum atomic E-state index is 14.5. The van der Waals surface area contributed by atoms with Gasteiger partial charge in [0.15, 0.2) is 0 Å². The van der Waals surface area contributed by atoms with E-state index in [1.165, 1.54) is 0 Å². The summed E-state index contributed by atoms with van der Waals surface area (Å²) in [6.07, 6.45) is 0. The zero-order valence-corrected chi connectivity index (χ0v) is 18.2. The first kappa shape index (κ1) is 20.4. The number of hydrogen-bond donors (Lipinski definition) is 0. The van der Waals surface area contributed by atoms with Gasteiger partial charge in [0.05, 0.1) is 0 Å². The lowest BCUT2D eigenvalue weighted by atomic mass is 9.89. The molecule has 3 aromatic carbocycles. The molecular formula is C24H25F3Si. The van der Waals surface area contributed by atoms with Crippen LogP contribution in [0.2, 0.25) is 0 Å². The first-order chi connectivity index (χ1) is 13.0. The molecule has 0 unspecified atom stereocenters. The van der Waals surface area contributed by atoms with Crippen LogP contribution in [-0.4, -0.2) is 9.08 Å². The zero-order chi connectivity index (χ0) is 20.8. The lowest BCUT2D eigenvalue weighted by Gasteiger charge is -2.21. The maximum Gasteiger partial charge on any atom is 0.654 e. The van der Waals surface area contributed by atoms with Crippen molar-refractivity contribution in [1.82, 2.24) is 0 Å². The Balaban J connectivity index is 2.43. The minimum Gasteiger partial charge on any atom is -0.234 e. The molecule has 4 heteroatoms. The van der Waals surface area contributed by atoms with E-state index in [0.717, 1.165) is 33.4 Å². The highest BCUT2D eigenvalue weighted by molar-refractivity contribution is 6.76. The fourth-order valence-corrected chi connectivity index (χ4v) is 5.51. The summed E-state index contributed by atoms with van der Waals surface area (Å²) in [5.74, 6) is 0. The van der Waals surface area contributed by atoms with Crippen molar-refractivity contribution in [2.75, 3.05) is 0 Å². The molecule has 0 saturated heterocycles. The standard InChI is InChI=1S/C24H25F3Si/c1-14-10-16(3)22(17(4)11-14)20-8-7-9-21(24(20)28(25,26)27)23-18(5)12-15(2)13-19(23)6/h7-13H,1-6H3. The molecule has 0 N–H and O–H groups in total. The van der Waals surface area contributed by atoms with Crippen LogP contribution < -0.4 is 5.19 Å². The summed E-state index contributed by atoms with van der Waals surface area (Å²) < 4.78 is 43.5. The van der Waals surface area contributed by atoms with Gasteiger partial charge in [-0.05, 0) is 86.1 Å². The molecule has 0 aliphatic rings. The van der Waals surface area contributed by atoms with Crippen LogP contribution in [0.5, 0.6) is 0 Å². The summed E-state index contributed by atoms with van der Waals surface area (Å²) in [4.78, 5) is 0. The monoisotopic (exact) mass is 398 g/mol. The van der Waals surface area contributed by atoms with Crippen LogP contribution in [0.15, 0.2) is 42.5 Å². The smallest absolute Gasteiger partial charge is 0.234 e. The van der Waals surface area contributed by atoms with Crippen LogP contribution in [-0.2, 0) is 0 Å². The van der Waals surface area contributed by atoms with Crippen molar-refractivity contribution >= 4 is 14.3 Å². The largest absolute Gasteiger partial charge is 0.654 e. The van der Waals surface area contributed by atoms with Crippen molar-refractivity contribution in [1.29, 1.82) is 0 Å². The van der Waals surface area contributed by atoms with Gasteiger partial charge in [-0.25, -0.2) is 12.3 Å². The van der Waals surface area contributed by atoms with Gasteiger partial charge in [-0.3, -0.25) is 0 Å².